The number of carbonyl (C=O) groups excluding carboxylic acids is 2. The predicted molar refractivity (Wildman–Crippen MR) is 147 cm³/mol. The van der Waals surface area contributed by atoms with Crippen LogP contribution < -0.4 is 0 Å². The predicted octanol–water partition coefficient (Wildman–Crippen LogP) is 4.83. The number of hydrogen-bond donors (Lipinski definition) is 1. The van der Waals surface area contributed by atoms with Crippen molar-refractivity contribution in [2.75, 3.05) is 26.2 Å². The third-order valence-electron chi connectivity index (χ3n) is 6.89. The number of piperazine rings is 1. The van der Waals surface area contributed by atoms with Crippen LogP contribution in [0.4, 0.5) is 4.79 Å². The zero-order valence-electron chi connectivity index (χ0n) is 23.1. The molecule has 1 N–H and O–H groups in total. The van der Waals surface area contributed by atoms with Gasteiger partial charge >= 0.3 is 6.09 Å². The molecule has 0 bridgehead atoms. The van der Waals surface area contributed by atoms with Crippen LogP contribution in [-0.4, -0.2) is 73.1 Å². The van der Waals surface area contributed by atoms with E-state index < -0.39 is 5.60 Å². The SMILES string of the molecule is CCc1nc2c(C)cc(C)nc2n1Cc1ccc2[nH]c(C(=O)N3CCN(C(=O)OC(C)(C)C)CC3)cc2c1. The minimum Gasteiger partial charge on any atom is -0.444 e. The van der Waals surface area contributed by atoms with E-state index in [1.807, 2.05) is 39.8 Å². The van der Waals surface area contributed by atoms with E-state index in [1.165, 1.54) is 0 Å². The molecular formula is C29H36N6O3. The summed E-state index contributed by atoms with van der Waals surface area (Å²) in [5.41, 5.74) is 6.04. The standard InChI is InChI=1S/C29H36N6O3/c1-7-24-32-25-18(2)14-19(3)30-26(25)35(24)17-20-8-9-22-21(15-20)16-23(31-22)27(36)33-10-12-34(13-11-33)28(37)38-29(4,5)6/h8-9,14-16,31H,7,10-13,17H2,1-6H3. The quantitative estimate of drug-likeness (QED) is 0.419. The Kier molecular flexibility index (Phi) is 6.63. The summed E-state index contributed by atoms with van der Waals surface area (Å²) in [5, 5.41) is 0.987. The van der Waals surface area contributed by atoms with Crippen molar-refractivity contribution in [1.29, 1.82) is 0 Å². The Morgan fingerprint density at radius 2 is 1.71 bits per heavy atom. The molecule has 4 heterocycles. The van der Waals surface area contributed by atoms with Gasteiger partial charge in [0.15, 0.2) is 5.65 Å². The van der Waals surface area contributed by atoms with Crippen LogP contribution in [0.5, 0.6) is 0 Å². The molecule has 0 aliphatic carbocycles. The van der Waals surface area contributed by atoms with E-state index in [-0.39, 0.29) is 12.0 Å². The molecule has 9 heteroatoms. The Bertz CT molecular complexity index is 1520. The first-order valence-corrected chi connectivity index (χ1v) is 13.2. The Hall–Kier alpha value is -3.88. The van der Waals surface area contributed by atoms with E-state index in [0.717, 1.165) is 51.1 Å². The molecule has 3 aromatic heterocycles. The highest BCUT2D eigenvalue weighted by molar-refractivity contribution is 5.98. The minimum absolute atomic E-state index is 0.0596. The molecule has 1 aliphatic heterocycles. The summed E-state index contributed by atoms with van der Waals surface area (Å²) < 4.78 is 7.66. The van der Waals surface area contributed by atoms with E-state index in [1.54, 1.807) is 9.80 Å². The van der Waals surface area contributed by atoms with Gasteiger partial charge in [0.05, 0.1) is 6.54 Å². The van der Waals surface area contributed by atoms with E-state index in [9.17, 15) is 9.59 Å². The first kappa shape index (κ1) is 25.8. The third-order valence-corrected chi connectivity index (χ3v) is 6.89. The Morgan fingerprint density at radius 1 is 1.00 bits per heavy atom. The Morgan fingerprint density at radius 3 is 2.39 bits per heavy atom. The number of rotatable bonds is 4. The maximum absolute atomic E-state index is 13.2. The number of amides is 2. The van der Waals surface area contributed by atoms with Gasteiger partial charge < -0.3 is 24.1 Å². The average Bonchev–Trinajstić information content (AvgIpc) is 3.44. The zero-order chi connectivity index (χ0) is 27.2. The number of fused-ring (bicyclic) bond motifs is 2. The molecule has 9 nitrogen and oxygen atoms in total. The molecule has 1 fully saturated rings. The van der Waals surface area contributed by atoms with Gasteiger partial charge in [-0.1, -0.05) is 13.0 Å². The van der Waals surface area contributed by atoms with Crippen LogP contribution in [0.15, 0.2) is 30.3 Å². The van der Waals surface area contributed by atoms with Crippen molar-refractivity contribution in [1.82, 2.24) is 29.3 Å². The number of nitrogens with zero attached hydrogens (tertiary/aromatic N) is 5. The van der Waals surface area contributed by atoms with Crippen LogP contribution in [0.1, 0.15) is 60.8 Å². The number of ether oxygens (including phenoxy) is 1. The maximum atomic E-state index is 13.2. The van der Waals surface area contributed by atoms with Crippen molar-refractivity contribution in [3.63, 3.8) is 0 Å². The van der Waals surface area contributed by atoms with Gasteiger partial charge in [0.25, 0.3) is 5.91 Å². The lowest BCUT2D eigenvalue weighted by molar-refractivity contribution is 0.0140. The first-order valence-electron chi connectivity index (χ1n) is 13.2. The number of pyridine rings is 1. The molecule has 200 valence electrons. The lowest BCUT2D eigenvalue weighted by Gasteiger charge is -2.35. The average molecular weight is 517 g/mol. The number of benzene rings is 1. The fraction of sp³-hybridized carbons (Fsp3) is 0.448. The molecule has 0 saturated carbocycles. The maximum Gasteiger partial charge on any atom is 0.410 e. The summed E-state index contributed by atoms with van der Waals surface area (Å²) >= 11 is 0. The zero-order valence-corrected chi connectivity index (χ0v) is 23.1. The van der Waals surface area contributed by atoms with Crippen molar-refractivity contribution in [3.05, 3.63) is 58.7 Å². The summed E-state index contributed by atoms with van der Waals surface area (Å²) in [5.74, 6) is 0.951. The number of carbonyl (C=O) groups is 2. The second-order valence-corrected chi connectivity index (χ2v) is 11.1. The van der Waals surface area contributed by atoms with E-state index in [0.29, 0.717) is 38.4 Å². The lowest BCUT2D eigenvalue weighted by atomic mass is 10.1. The van der Waals surface area contributed by atoms with Crippen molar-refractivity contribution >= 4 is 34.1 Å². The second kappa shape index (κ2) is 9.78. The van der Waals surface area contributed by atoms with Crippen molar-refractivity contribution in [2.24, 2.45) is 0 Å². The van der Waals surface area contributed by atoms with Gasteiger partial charge in [-0.3, -0.25) is 4.79 Å². The van der Waals surface area contributed by atoms with Crippen LogP contribution in [0.2, 0.25) is 0 Å². The van der Waals surface area contributed by atoms with E-state index >= 15 is 0 Å². The highest BCUT2D eigenvalue weighted by Gasteiger charge is 2.28. The van der Waals surface area contributed by atoms with Gasteiger partial charge in [0.1, 0.15) is 22.6 Å². The molecule has 4 aromatic rings. The molecule has 1 aliphatic rings. The summed E-state index contributed by atoms with van der Waals surface area (Å²) in [6.07, 6.45) is 0.487. The lowest BCUT2D eigenvalue weighted by Crippen LogP contribution is -2.51. The number of aromatic amines is 1. The molecule has 0 unspecified atom stereocenters. The summed E-state index contributed by atoms with van der Waals surface area (Å²) in [4.78, 5) is 42.0. The molecule has 0 atom stereocenters. The fourth-order valence-corrected chi connectivity index (χ4v) is 5.05. The van der Waals surface area contributed by atoms with Gasteiger partial charge in [0.2, 0.25) is 0 Å². The molecular weight excluding hydrogens is 480 g/mol. The number of aromatic nitrogens is 4. The Labute approximate surface area is 222 Å². The molecule has 1 aromatic carbocycles. The monoisotopic (exact) mass is 516 g/mol. The molecule has 5 rings (SSSR count). The highest BCUT2D eigenvalue weighted by Crippen LogP contribution is 2.24. The molecule has 2 amide bonds. The molecule has 1 saturated heterocycles. The second-order valence-electron chi connectivity index (χ2n) is 11.1. The van der Waals surface area contributed by atoms with E-state index in [2.05, 4.69) is 41.6 Å². The number of imidazole rings is 1. The topological polar surface area (TPSA) is 96.4 Å². The van der Waals surface area contributed by atoms with Gasteiger partial charge in [-0.15, -0.1) is 0 Å². The largest absolute Gasteiger partial charge is 0.444 e. The third kappa shape index (κ3) is 5.10. The van der Waals surface area contributed by atoms with Gasteiger partial charge in [0, 0.05) is 49.2 Å². The smallest absolute Gasteiger partial charge is 0.410 e. The van der Waals surface area contributed by atoms with Crippen LogP contribution in [-0.2, 0) is 17.7 Å². The van der Waals surface area contributed by atoms with Crippen LogP contribution >= 0.6 is 0 Å². The molecule has 38 heavy (non-hydrogen) atoms. The van der Waals surface area contributed by atoms with Crippen molar-refractivity contribution < 1.29 is 14.3 Å². The Balaban J connectivity index is 1.32. The number of hydrogen-bond acceptors (Lipinski definition) is 5. The van der Waals surface area contributed by atoms with Crippen molar-refractivity contribution in [2.45, 2.75) is 60.1 Å². The van der Waals surface area contributed by atoms with E-state index in [4.69, 9.17) is 14.7 Å². The number of H-pyrrole nitrogens is 1. The van der Waals surface area contributed by atoms with Gasteiger partial charge in [-0.25, -0.2) is 14.8 Å². The summed E-state index contributed by atoms with van der Waals surface area (Å²) in [6, 6.07) is 10.2. The highest BCUT2D eigenvalue weighted by atomic mass is 16.6. The summed E-state index contributed by atoms with van der Waals surface area (Å²) in [7, 11) is 0. The fourth-order valence-electron chi connectivity index (χ4n) is 5.05. The van der Waals surface area contributed by atoms with Crippen LogP contribution in [0.25, 0.3) is 22.1 Å². The van der Waals surface area contributed by atoms with Crippen LogP contribution in [0.3, 0.4) is 0 Å². The molecule has 0 spiro atoms. The van der Waals surface area contributed by atoms with Gasteiger partial charge in [-0.05, 0) is 70.0 Å². The molecule has 0 radical (unpaired) electrons. The van der Waals surface area contributed by atoms with Gasteiger partial charge in [-0.2, -0.15) is 0 Å². The minimum atomic E-state index is -0.537. The first-order chi connectivity index (χ1) is 18.0. The number of aryl methyl sites for hydroxylation is 3. The normalized spacial score (nSPS) is 14.5. The number of nitrogens with one attached hydrogen (secondary N) is 1. The van der Waals surface area contributed by atoms with Crippen LogP contribution in [0, 0.1) is 13.8 Å². The van der Waals surface area contributed by atoms with Crippen molar-refractivity contribution in [3.8, 4) is 0 Å². The summed E-state index contributed by atoms with van der Waals surface area (Å²) in [6.45, 7) is 14.3.